The van der Waals surface area contributed by atoms with Gasteiger partial charge in [-0.25, -0.2) is 9.18 Å². The first-order chi connectivity index (χ1) is 17.4. The van der Waals surface area contributed by atoms with Crippen molar-refractivity contribution in [3.05, 3.63) is 77.1 Å². The van der Waals surface area contributed by atoms with Gasteiger partial charge in [-0.15, -0.1) is 0 Å². The third-order valence-electron chi connectivity index (χ3n) is 7.54. The summed E-state index contributed by atoms with van der Waals surface area (Å²) in [5, 5.41) is 8.93. The van der Waals surface area contributed by atoms with Crippen molar-refractivity contribution in [1.82, 2.24) is 0 Å². The number of aliphatic carboxylic acids is 1. The number of hydrogen-bond acceptors (Lipinski definition) is 4. The van der Waals surface area contributed by atoms with E-state index in [2.05, 4.69) is 29.4 Å². The molecule has 4 nitrogen and oxygen atoms in total. The van der Waals surface area contributed by atoms with Crippen LogP contribution in [0, 0.1) is 12.7 Å². The Kier molecular flexibility index (Phi) is 6.98. The highest BCUT2D eigenvalue weighted by Gasteiger charge is 2.45. The van der Waals surface area contributed by atoms with E-state index in [0.29, 0.717) is 5.75 Å². The molecule has 5 rings (SSSR count). The molecule has 0 amide bonds. The summed E-state index contributed by atoms with van der Waals surface area (Å²) in [6, 6.07) is 17.4. The molecule has 0 saturated heterocycles. The Morgan fingerprint density at radius 2 is 1.81 bits per heavy atom. The summed E-state index contributed by atoms with van der Waals surface area (Å²) in [4.78, 5) is 12.0. The van der Waals surface area contributed by atoms with E-state index in [0.717, 1.165) is 34.6 Å². The molecule has 1 aliphatic carbocycles. The molecule has 1 aliphatic heterocycles. The molecule has 0 unspecified atom stereocenters. The maximum absolute atomic E-state index is 13.6. The van der Waals surface area contributed by atoms with Crippen LogP contribution < -0.4 is 9.04 Å². The minimum Gasteiger partial charge on any atom is -0.482 e. The topological polar surface area (TPSA) is 49.8 Å². The van der Waals surface area contributed by atoms with E-state index >= 15 is 0 Å². The monoisotopic (exact) mass is 505 g/mol. The number of ether oxygens (including phenoxy) is 1. The molecule has 0 atom stereocenters. The number of rotatable bonds is 7. The zero-order valence-electron chi connectivity index (χ0n) is 20.9. The standard InChI is InChI=1S/C30H32FNO3S/c1-3-21-16-23(22-7-9-24(31)10-8-22)17-26-29(21)32(19-30(26)13-5-4-6-14-30)36-25-11-12-27(20(2)15-25)35-18-28(33)34/h7-12,15-17H,3-6,13-14,18-19H2,1-2H3,(H,33,34). The summed E-state index contributed by atoms with van der Waals surface area (Å²) in [5.41, 5.74) is 7.37. The highest BCUT2D eigenvalue weighted by molar-refractivity contribution is 8.00. The van der Waals surface area contributed by atoms with Gasteiger partial charge in [-0.2, -0.15) is 0 Å². The third-order valence-corrected chi connectivity index (χ3v) is 8.53. The Morgan fingerprint density at radius 3 is 2.47 bits per heavy atom. The molecule has 6 heteroatoms. The molecule has 2 aliphatic rings. The molecule has 1 N–H and O–H groups in total. The number of carboxylic acid groups (broad SMARTS) is 1. The molecule has 1 spiro atoms. The second-order valence-corrected chi connectivity index (χ2v) is 11.1. The Bertz CT molecular complexity index is 1270. The van der Waals surface area contributed by atoms with E-state index in [1.54, 1.807) is 24.1 Å². The molecule has 3 aromatic rings. The number of nitrogens with zero attached hydrogens (tertiary/aromatic N) is 1. The van der Waals surface area contributed by atoms with E-state index in [1.165, 1.54) is 48.9 Å². The number of aryl methyl sites for hydroxylation is 2. The second kappa shape index (κ2) is 10.2. The van der Waals surface area contributed by atoms with E-state index in [-0.39, 0.29) is 17.8 Å². The van der Waals surface area contributed by atoms with Gasteiger partial charge in [0.05, 0.1) is 5.69 Å². The van der Waals surface area contributed by atoms with Gasteiger partial charge in [-0.05, 0) is 108 Å². The molecule has 188 valence electrons. The van der Waals surface area contributed by atoms with Crippen LogP contribution in [0.5, 0.6) is 5.75 Å². The molecule has 0 radical (unpaired) electrons. The average Bonchev–Trinajstić information content (AvgIpc) is 3.16. The van der Waals surface area contributed by atoms with Gasteiger partial charge in [0.2, 0.25) is 0 Å². The lowest BCUT2D eigenvalue weighted by Gasteiger charge is -2.34. The van der Waals surface area contributed by atoms with Crippen molar-refractivity contribution in [3.63, 3.8) is 0 Å². The molecule has 3 aromatic carbocycles. The van der Waals surface area contributed by atoms with Crippen molar-refractivity contribution < 1.29 is 19.0 Å². The van der Waals surface area contributed by atoms with Gasteiger partial charge in [-0.3, -0.25) is 0 Å². The van der Waals surface area contributed by atoms with E-state index in [4.69, 9.17) is 9.84 Å². The number of fused-ring (bicyclic) bond motifs is 2. The summed E-state index contributed by atoms with van der Waals surface area (Å²) >= 11 is 1.75. The molecule has 0 aromatic heterocycles. The minimum atomic E-state index is -0.980. The molecule has 36 heavy (non-hydrogen) atoms. The Hall–Kier alpha value is -2.99. The number of benzene rings is 3. The zero-order valence-corrected chi connectivity index (χ0v) is 21.7. The Balaban J connectivity index is 1.52. The van der Waals surface area contributed by atoms with Crippen LogP contribution >= 0.6 is 11.9 Å². The van der Waals surface area contributed by atoms with E-state index < -0.39 is 5.97 Å². The highest BCUT2D eigenvalue weighted by atomic mass is 32.2. The fourth-order valence-electron chi connectivity index (χ4n) is 5.75. The number of carboxylic acids is 1. The van der Waals surface area contributed by atoms with Crippen molar-refractivity contribution in [3.8, 4) is 16.9 Å². The third kappa shape index (κ3) is 4.83. The fourth-order valence-corrected chi connectivity index (χ4v) is 6.98. The number of hydrogen-bond donors (Lipinski definition) is 1. The van der Waals surface area contributed by atoms with Crippen LogP contribution in [-0.4, -0.2) is 24.2 Å². The smallest absolute Gasteiger partial charge is 0.341 e. The van der Waals surface area contributed by atoms with E-state index in [1.807, 2.05) is 31.2 Å². The van der Waals surface area contributed by atoms with Gasteiger partial charge in [-0.1, -0.05) is 38.3 Å². The Labute approximate surface area is 216 Å². The normalized spacial score (nSPS) is 16.2. The zero-order chi connectivity index (χ0) is 25.3. The maximum atomic E-state index is 13.6. The predicted molar refractivity (Wildman–Crippen MR) is 143 cm³/mol. The van der Waals surface area contributed by atoms with Gasteiger partial charge in [0.15, 0.2) is 6.61 Å². The summed E-state index contributed by atoms with van der Waals surface area (Å²) in [5.74, 6) is -0.589. The largest absolute Gasteiger partial charge is 0.482 e. The van der Waals surface area contributed by atoms with Crippen LogP contribution in [0.1, 0.15) is 55.7 Å². The average molecular weight is 506 g/mol. The van der Waals surface area contributed by atoms with Crippen molar-refractivity contribution in [2.75, 3.05) is 17.5 Å². The minimum absolute atomic E-state index is 0.139. The molecular weight excluding hydrogens is 473 g/mol. The van der Waals surface area contributed by atoms with Crippen molar-refractivity contribution in [1.29, 1.82) is 0 Å². The summed E-state index contributed by atoms with van der Waals surface area (Å²) in [7, 11) is 0. The van der Waals surface area contributed by atoms with Crippen LogP contribution in [0.2, 0.25) is 0 Å². The number of halogens is 1. The fraction of sp³-hybridized carbons (Fsp3) is 0.367. The summed E-state index contributed by atoms with van der Waals surface area (Å²) < 4.78 is 21.5. The van der Waals surface area contributed by atoms with Crippen LogP contribution in [-0.2, 0) is 16.6 Å². The SMILES string of the molecule is CCc1cc(-c2ccc(F)cc2)cc2c1N(Sc1ccc(OCC(=O)O)c(C)c1)CC21CCCCC1. The molecule has 1 heterocycles. The first-order valence-electron chi connectivity index (χ1n) is 12.7. The first kappa shape index (κ1) is 24.7. The van der Waals surface area contributed by atoms with Gasteiger partial charge in [0, 0.05) is 16.9 Å². The quantitative estimate of drug-likeness (QED) is 0.336. The van der Waals surface area contributed by atoms with Crippen molar-refractivity contribution in [2.45, 2.75) is 62.7 Å². The second-order valence-electron chi connectivity index (χ2n) is 9.97. The number of carbonyl (C=O) groups is 1. The molecule has 1 saturated carbocycles. The van der Waals surface area contributed by atoms with Crippen LogP contribution in [0.3, 0.4) is 0 Å². The molecular formula is C30H32FNO3S. The maximum Gasteiger partial charge on any atom is 0.341 e. The molecule has 1 fully saturated rings. The van der Waals surface area contributed by atoms with Crippen LogP contribution in [0.25, 0.3) is 11.1 Å². The highest BCUT2D eigenvalue weighted by Crippen LogP contribution is 2.54. The van der Waals surface area contributed by atoms with Gasteiger partial charge in [0.1, 0.15) is 11.6 Å². The van der Waals surface area contributed by atoms with E-state index in [9.17, 15) is 9.18 Å². The van der Waals surface area contributed by atoms with Gasteiger partial charge < -0.3 is 14.1 Å². The van der Waals surface area contributed by atoms with Gasteiger partial charge >= 0.3 is 5.97 Å². The molecule has 0 bridgehead atoms. The van der Waals surface area contributed by atoms with Gasteiger partial charge in [0.25, 0.3) is 0 Å². The lowest BCUT2D eigenvalue weighted by Crippen LogP contribution is -2.33. The number of anilines is 1. The Morgan fingerprint density at radius 1 is 1.06 bits per heavy atom. The predicted octanol–water partition coefficient (Wildman–Crippen LogP) is 7.56. The lowest BCUT2D eigenvalue weighted by atomic mass is 9.70. The lowest BCUT2D eigenvalue weighted by molar-refractivity contribution is -0.139. The summed E-state index contributed by atoms with van der Waals surface area (Å²) in [6.45, 7) is 4.79. The van der Waals surface area contributed by atoms with Crippen LogP contribution in [0.15, 0.2) is 59.5 Å². The summed E-state index contributed by atoms with van der Waals surface area (Å²) in [6.07, 6.45) is 7.08. The van der Waals surface area contributed by atoms with Crippen LogP contribution in [0.4, 0.5) is 10.1 Å². The van der Waals surface area contributed by atoms with Crippen molar-refractivity contribution >= 4 is 23.6 Å². The first-order valence-corrected chi connectivity index (χ1v) is 13.5. The van der Waals surface area contributed by atoms with Crippen molar-refractivity contribution in [2.24, 2.45) is 0 Å².